The monoisotopic (exact) mass is 475 g/mol. The van der Waals surface area contributed by atoms with Crippen LogP contribution in [0.25, 0.3) is 6.08 Å². The number of pyridine rings is 2. The van der Waals surface area contributed by atoms with Crippen LogP contribution < -0.4 is 15.0 Å². The van der Waals surface area contributed by atoms with Crippen LogP contribution >= 0.6 is 0 Å². The zero-order valence-electron chi connectivity index (χ0n) is 20.0. The van der Waals surface area contributed by atoms with E-state index in [0.717, 1.165) is 16.9 Å². The second-order valence-corrected chi connectivity index (χ2v) is 8.16. The number of hydrogen-bond donors (Lipinski definition) is 0. The average Bonchev–Trinajstić information content (AvgIpc) is 3.11. The van der Waals surface area contributed by atoms with Gasteiger partial charge in [-0.3, -0.25) is 14.7 Å². The van der Waals surface area contributed by atoms with Gasteiger partial charge < -0.3 is 18.8 Å². The molecular weight excluding hydrogens is 446 g/mol. The van der Waals surface area contributed by atoms with E-state index in [1.165, 1.54) is 13.2 Å². The first-order valence-corrected chi connectivity index (χ1v) is 11.5. The molecule has 2 aromatic heterocycles. The van der Waals surface area contributed by atoms with Crippen molar-refractivity contribution in [3.63, 3.8) is 0 Å². The Morgan fingerprint density at radius 2 is 1.94 bits per heavy atom. The van der Waals surface area contributed by atoms with Crippen LogP contribution in [0.5, 0.6) is 11.5 Å². The van der Waals surface area contributed by atoms with Crippen molar-refractivity contribution in [2.75, 3.05) is 33.9 Å². The number of hydrogen-bond acceptors (Lipinski definition) is 7. The minimum atomic E-state index is -0.514. The third-order valence-corrected chi connectivity index (χ3v) is 5.99. The fourth-order valence-corrected chi connectivity index (χ4v) is 4.19. The van der Waals surface area contributed by atoms with Gasteiger partial charge in [-0.2, -0.15) is 0 Å². The molecule has 3 heterocycles. The lowest BCUT2D eigenvalue weighted by Gasteiger charge is -2.17. The fourth-order valence-electron chi connectivity index (χ4n) is 4.19. The summed E-state index contributed by atoms with van der Waals surface area (Å²) in [6.07, 6.45) is 8.00. The van der Waals surface area contributed by atoms with Gasteiger partial charge in [0.25, 0.3) is 5.56 Å². The van der Waals surface area contributed by atoms with Gasteiger partial charge in [0, 0.05) is 67.9 Å². The van der Waals surface area contributed by atoms with Gasteiger partial charge >= 0.3 is 5.97 Å². The predicted molar refractivity (Wildman–Crippen MR) is 133 cm³/mol. The maximum Gasteiger partial charge on any atom is 0.343 e. The van der Waals surface area contributed by atoms with Crippen LogP contribution in [0.1, 0.15) is 27.2 Å². The van der Waals surface area contributed by atoms with E-state index in [4.69, 9.17) is 14.2 Å². The van der Waals surface area contributed by atoms with Crippen molar-refractivity contribution >= 4 is 12.0 Å². The van der Waals surface area contributed by atoms with Crippen molar-refractivity contribution in [3.05, 3.63) is 93.7 Å². The molecule has 1 aliphatic rings. The number of carbonyl (C=O) groups is 1. The van der Waals surface area contributed by atoms with Crippen LogP contribution in [-0.4, -0.2) is 54.3 Å². The van der Waals surface area contributed by atoms with Crippen molar-refractivity contribution in [2.45, 2.75) is 19.6 Å². The van der Waals surface area contributed by atoms with Gasteiger partial charge in [0.15, 0.2) is 0 Å². The van der Waals surface area contributed by atoms with Crippen LogP contribution in [0, 0.1) is 0 Å². The van der Waals surface area contributed by atoms with E-state index < -0.39 is 5.97 Å². The van der Waals surface area contributed by atoms with Gasteiger partial charge in [0.1, 0.15) is 23.7 Å². The molecule has 0 saturated heterocycles. The quantitative estimate of drug-likeness (QED) is 0.463. The lowest BCUT2D eigenvalue weighted by atomic mass is 10.1. The number of aromatic nitrogens is 2. The molecule has 0 atom stereocenters. The first-order valence-electron chi connectivity index (χ1n) is 11.5. The van der Waals surface area contributed by atoms with Gasteiger partial charge in [-0.15, -0.1) is 0 Å². The Balaban J connectivity index is 1.53. The summed E-state index contributed by atoms with van der Waals surface area (Å²) in [6, 6.07) is 12.9. The van der Waals surface area contributed by atoms with Crippen LogP contribution in [0.4, 0.5) is 0 Å². The van der Waals surface area contributed by atoms with E-state index in [2.05, 4.69) is 16.0 Å². The molecular formula is C27H29N3O5. The predicted octanol–water partition coefficient (Wildman–Crippen LogP) is 3.19. The first kappa shape index (κ1) is 24.2. The third kappa shape index (κ3) is 5.78. The molecule has 0 bridgehead atoms. The summed E-state index contributed by atoms with van der Waals surface area (Å²) in [5.74, 6) is 0.543. The molecule has 8 nitrogen and oxygen atoms in total. The Kier molecular flexibility index (Phi) is 7.95. The molecule has 35 heavy (non-hydrogen) atoms. The van der Waals surface area contributed by atoms with Crippen LogP contribution in [0.3, 0.4) is 0 Å². The molecule has 8 heteroatoms. The number of esters is 1. The number of nitrogens with zero attached hydrogens (tertiary/aromatic N) is 3. The second-order valence-electron chi connectivity index (χ2n) is 8.16. The van der Waals surface area contributed by atoms with E-state index in [-0.39, 0.29) is 17.9 Å². The summed E-state index contributed by atoms with van der Waals surface area (Å²) < 4.78 is 18.0. The number of methoxy groups -OCH3 is 2. The molecule has 0 unspecified atom stereocenters. The van der Waals surface area contributed by atoms with Crippen LogP contribution in [-0.2, 0) is 24.3 Å². The molecule has 0 amide bonds. The van der Waals surface area contributed by atoms with E-state index in [9.17, 15) is 9.59 Å². The van der Waals surface area contributed by atoms with E-state index >= 15 is 0 Å². The topological polar surface area (TPSA) is 82.9 Å². The molecule has 0 N–H and O–H groups in total. The second kappa shape index (κ2) is 11.5. The summed E-state index contributed by atoms with van der Waals surface area (Å²) in [5.41, 5.74) is 2.60. The van der Waals surface area contributed by atoms with Crippen LogP contribution in [0.2, 0.25) is 0 Å². The molecule has 4 rings (SSSR count). The van der Waals surface area contributed by atoms with Crippen LogP contribution in [0.15, 0.2) is 65.7 Å². The SMILES string of the molecule is COC(=O)c1c(OCc2cccnc2)cc(=O)n2c1CCN(CC=Cc1ccccc1OC)CC2. The van der Waals surface area contributed by atoms with Gasteiger partial charge in [-0.05, 0) is 12.1 Å². The van der Waals surface area contributed by atoms with E-state index in [1.807, 2.05) is 42.5 Å². The number of benzene rings is 1. The summed E-state index contributed by atoms with van der Waals surface area (Å²) in [6.45, 7) is 2.74. The lowest BCUT2D eigenvalue weighted by molar-refractivity contribution is 0.0592. The number of rotatable bonds is 8. The molecule has 182 valence electrons. The average molecular weight is 476 g/mol. The largest absolute Gasteiger partial charge is 0.496 e. The molecule has 1 aliphatic heterocycles. The highest BCUT2D eigenvalue weighted by atomic mass is 16.5. The van der Waals surface area contributed by atoms with Gasteiger partial charge in [-0.25, -0.2) is 4.79 Å². The van der Waals surface area contributed by atoms with Crippen molar-refractivity contribution < 1.29 is 19.0 Å². The number of para-hydroxylation sites is 1. The van der Waals surface area contributed by atoms with E-state index in [1.54, 1.807) is 24.1 Å². The summed E-state index contributed by atoms with van der Waals surface area (Å²) in [5, 5.41) is 0. The first-order chi connectivity index (χ1) is 17.1. The Bertz CT molecular complexity index is 1250. The van der Waals surface area contributed by atoms with Crippen molar-refractivity contribution in [2.24, 2.45) is 0 Å². The number of ether oxygens (including phenoxy) is 3. The molecule has 0 aliphatic carbocycles. The Hall–Kier alpha value is -3.91. The zero-order chi connectivity index (χ0) is 24.6. The number of fused-ring (bicyclic) bond motifs is 1. The minimum Gasteiger partial charge on any atom is -0.496 e. The Morgan fingerprint density at radius 1 is 1.09 bits per heavy atom. The van der Waals surface area contributed by atoms with Gasteiger partial charge in [0.2, 0.25) is 0 Å². The summed E-state index contributed by atoms with van der Waals surface area (Å²) in [7, 11) is 2.99. The standard InChI is InChI=1S/C27H29N3O5/c1-33-23-10-4-3-8-21(23)9-6-13-29-14-11-22-26(27(32)34-2)24(17-25(31)30(22)16-15-29)35-19-20-7-5-12-28-18-20/h3-10,12,17-18H,11,13-16,19H2,1-2H3. The Morgan fingerprint density at radius 3 is 2.71 bits per heavy atom. The third-order valence-electron chi connectivity index (χ3n) is 5.99. The summed E-state index contributed by atoms with van der Waals surface area (Å²) in [4.78, 5) is 32.0. The Labute approximate surface area is 204 Å². The van der Waals surface area contributed by atoms with Crippen molar-refractivity contribution in [3.8, 4) is 11.5 Å². The normalized spacial score (nSPS) is 13.8. The maximum atomic E-state index is 13.0. The molecule has 0 spiro atoms. The molecule has 1 aromatic carbocycles. The smallest absolute Gasteiger partial charge is 0.343 e. The zero-order valence-corrected chi connectivity index (χ0v) is 20.0. The van der Waals surface area contributed by atoms with Crippen molar-refractivity contribution in [1.29, 1.82) is 0 Å². The van der Waals surface area contributed by atoms with Gasteiger partial charge in [0.05, 0.1) is 14.2 Å². The number of carbonyl (C=O) groups excluding carboxylic acids is 1. The molecule has 0 fully saturated rings. The molecule has 0 radical (unpaired) electrons. The molecule has 3 aromatic rings. The lowest BCUT2D eigenvalue weighted by Crippen LogP contribution is -2.29. The van der Waals surface area contributed by atoms with Gasteiger partial charge in [-0.1, -0.05) is 36.4 Å². The minimum absolute atomic E-state index is 0.194. The fraction of sp³-hybridized carbons (Fsp3) is 0.296. The summed E-state index contributed by atoms with van der Waals surface area (Å²) >= 11 is 0. The highest BCUT2D eigenvalue weighted by Gasteiger charge is 2.26. The highest BCUT2D eigenvalue weighted by Crippen LogP contribution is 2.25. The molecule has 0 saturated carbocycles. The van der Waals surface area contributed by atoms with Crippen molar-refractivity contribution in [1.82, 2.24) is 14.5 Å². The maximum absolute atomic E-state index is 13.0. The van der Waals surface area contributed by atoms with E-state index in [0.29, 0.717) is 43.9 Å². The highest BCUT2D eigenvalue weighted by molar-refractivity contribution is 5.93.